The van der Waals surface area contributed by atoms with E-state index in [2.05, 4.69) is 11.8 Å². The third kappa shape index (κ3) is 3.18. The summed E-state index contributed by atoms with van der Waals surface area (Å²) in [6.07, 6.45) is 3.21. The van der Waals surface area contributed by atoms with E-state index in [0.29, 0.717) is 0 Å². The van der Waals surface area contributed by atoms with Gasteiger partial charge in [-0.1, -0.05) is 13.3 Å². The molecule has 0 bridgehead atoms. The molecule has 0 amide bonds. The van der Waals surface area contributed by atoms with Gasteiger partial charge in [0.1, 0.15) is 11.5 Å². The van der Waals surface area contributed by atoms with Crippen molar-refractivity contribution in [1.82, 2.24) is 4.90 Å². The van der Waals surface area contributed by atoms with Crippen LogP contribution < -0.4 is 0 Å². The van der Waals surface area contributed by atoms with Gasteiger partial charge in [-0.05, 0) is 51.4 Å². The van der Waals surface area contributed by atoms with Crippen LogP contribution in [0.15, 0.2) is 16.5 Å². The number of carboxylic acids is 1. The number of rotatable bonds is 5. The lowest BCUT2D eigenvalue weighted by Crippen LogP contribution is -2.44. The lowest BCUT2D eigenvalue weighted by atomic mass is 9.75. The standard InChI is InChI=1S/C15H23NO3/c1-3-6-15(14(17)18)7-9-16(10-8-15)11-13-5-4-12(2)19-13/h4-5H,3,6-11H2,1-2H3,(H,17,18). The first-order valence-corrected chi connectivity index (χ1v) is 7.07. The molecule has 0 unspecified atom stereocenters. The molecule has 1 aliphatic rings. The number of aliphatic carboxylic acids is 1. The van der Waals surface area contributed by atoms with Gasteiger partial charge in [0.15, 0.2) is 0 Å². The molecule has 1 aromatic heterocycles. The Hall–Kier alpha value is -1.29. The van der Waals surface area contributed by atoms with E-state index >= 15 is 0 Å². The van der Waals surface area contributed by atoms with Gasteiger partial charge in [-0.2, -0.15) is 0 Å². The Bertz CT molecular complexity index is 430. The second-order valence-electron chi connectivity index (χ2n) is 5.62. The van der Waals surface area contributed by atoms with Crippen LogP contribution in [0.2, 0.25) is 0 Å². The molecule has 19 heavy (non-hydrogen) atoms. The van der Waals surface area contributed by atoms with Crippen molar-refractivity contribution >= 4 is 5.97 Å². The molecule has 0 aliphatic carbocycles. The van der Waals surface area contributed by atoms with Gasteiger partial charge < -0.3 is 9.52 Å². The van der Waals surface area contributed by atoms with Gasteiger partial charge >= 0.3 is 5.97 Å². The minimum Gasteiger partial charge on any atom is -0.481 e. The summed E-state index contributed by atoms with van der Waals surface area (Å²) in [6, 6.07) is 3.97. The van der Waals surface area contributed by atoms with E-state index in [1.165, 1.54) is 0 Å². The summed E-state index contributed by atoms with van der Waals surface area (Å²) < 4.78 is 5.58. The number of nitrogens with zero attached hydrogens (tertiary/aromatic N) is 1. The summed E-state index contributed by atoms with van der Waals surface area (Å²) >= 11 is 0. The van der Waals surface area contributed by atoms with Crippen molar-refractivity contribution < 1.29 is 14.3 Å². The monoisotopic (exact) mass is 265 g/mol. The number of hydrogen-bond donors (Lipinski definition) is 1. The molecule has 0 aromatic carbocycles. The molecule has 0 spiro atoms. The smallest absolute Gasteiger partial charge is 0.309 e. The fourth-order valence-electron chi connectivity index (χ4n) is 2.98. The Morgan fingerprint density at radius 3 is 2.58 bits per heavy atom. The Morgan fingerprint density at radius 1 is 1.42 bits per heavy atom. The van der Waals surface area contributed by atoms with Crippen LogP contribution in [0, 0.1) is 12.3 Å². The molecule has 1 N–H and O–H groups in total. The number of likely N-dealkylation sites (tertiary alicyclic amines) is 1. The Balaban J connectivity index is 1.92. The van der Waals surface area contributed by atoms with Crippen LogP contribution in [0.3, 0.4) is 0 Å². The molecule has 2 heterocycles. The third-order valence-corrected chi connectivity index (χ3v) is 4.17. The maximum atomic E-state index is 11.5. The van der Waals surface area contributed by atoms with Gasteiger partial charge in [0.25, 0.3) is 0 Å². The topological polar surface area (TPSA) is 53.7 Å². The maximum Gasteiger partial charge on any atom is 0.309 e. The molecule has 1 saturated heterocycles. The number of hydrogen-bond acceptors (Lipinski definition) is 3. The predicted molar refractivity (Wildman–Crippen MR) is 72.9 cm³/mol. The Morgan fingerprint density at radius 2 is 2.11 bits per heavy atom. The SMILES string of the molecule is CCCC1(C(=O)O)CCN(Cc2ccc(C)o2)CC1. The van der Waals surface area contributed by atoms with E-state index in [1.807, 2.05) is 19.1 Å². The highest BCUT2D eigenvalue weighted by Crippen LogP contribution is 2.36. The highest BCUT2D eigenvalue weighted by atomic mass is 16.4. The van der Waals surface area contributed by atoms with Crippen molar-refractivity contribution in [3.05, 3.63) is 23.7 Å². The quantitative estimate of drug-likeness (QED) is 0.889. The van der Waals surface area contributed by atoms with Crippen molar-refractivity contribution in [2.24, 2.45) is 5.41 Å². The summed E-state index contributed by atoms with van der Waals surface area (Å²) in [4.78, 5) is 13.8. The van der Waals surface area contributed by atoms with E-state index in [1.54, 1.807) is 0 Å². The van der Waals surface area contributed by atoms with Crippen molar-refractivity contribution in [2.45, 2.75) is 46.1 Å². The molecular formula is C15H23NO3. The van der Waals surface area contributed by atoms with Gasteiger partial charge in [-0.25, -0.2) is 0 Å². The first-order chi connectivity index (χ1) is 9.05. The Kier molecular flexibility index (Phi) is 4.30. The van der Waals surface area contributed by atoms with Crippen LogP contribution in [0.4, 0.5) is 0 Å². The zero-order chi connectivity index (χ0) is 13.9. The summed E-state index contributed by atoms with van der Waals surface area (Å²) in [5.74, 6) is 1.27. The van der Waals surface area contributed by atoms with Crippen LogP contribution in [-0.4, -0.2) is 29.1 Å². The second kappa shape index (κ2) is 5.78. The summed E-state index contributed by atoms with van der Waals surface area (Å²) in [7, 11) is 0. The van der Waals surface area contributed by atoms with Crippen LogP contribution in [-0.2, 0) is 11.3 Å². The minimum absolute atomic E-state index is 0.496. The minimum atomic E-state index is -0.622. The molecule has 4 heteroatoms. The number of aryl methyl sites for hydroxylation is 1. The highest BCUT2D eigenvalue weighted by molar-refractivity contribution is 5.74. The zero-order valence-electron chi connectivity index (χ0n) is 11.8. The van der Waals surface area contributed by atoms with E-state index in [-0.39, 0.29) is 0 Å². The fraction of sp³-hybridized carbons (Fsp3) is 0.667. The maximum absolute atomic E-state index is 11.5. The molecule has 0 saturated carbocycles. The Labute approximate surface area is 114 Å². The van der Waals surface area contributed by atoms with E-state index < -0.39 is 11.4 Å². The average Bonchev–Trinajstić information content (AvgIpc) is 2.77. The average molecular weight is 265 g/mol. The number of carboxylic acid groups (broad SMARTS) is 1. The van der Waals surface area contributed by atoms with Crippen LogP contribution in [0.25, 0.3) is 0 Å². The molecule has 1 aliphatic heterocycles. The predicted octanol–water partition coefficient (Wildman–Crippen LogP) is 3.05. The largest absolute Gasteiger partial charge is 0.481 e. The highest BCUT2D eigenvalue weighted by Gasteiger charge is 2.40. The van der Waals surface area contributed by atoms with Gasteiger partial charge in [0.05, 0.1) is 12.0 Å². The van der Waals surface area contributed by atoms with Gasteiger partial charge in [0, 0.05) is 0 Å². The van der Waals surface area contributed by atoms with Crippen molar-refractivity contribution in [3.63, 3.8) is 0 Å². The van der Waals surface area contributed by atoms with Crippen LogP contribution >= 0.6 is 0 Å². The van der Waals surface area contributed by atoms with Gasteiger partial charge in [0.2, 0.25) is 0 Å². The van der Waals surface area contributed by atoms with Crippen molar-refractivity contribution in [1.29, 1.82) is 0 Å². The van der Waals surface area contributed by atoms with Crippen molar-refractivity contribution in [2.75, 3.05) is 13.1 Å². The van der Waals surface area contributed by atoms with E-state index in [9.17, 15) is 9.90 Å². The number of piperidine rings is 1. The molecule has 0 radical (unpaired) electrons. The van der Waals surface area contributed by atoms with Crippen LogP contribution in [0.5, 0.6) is 0 Å². The molecule has 2 rings (SSSR count). The third-order valence-electron chi connectivity index (χ3n) is 4.17. The normalized spacial score (nSPS) is 19.5. The van der Waals surface area contributed by atoms with E-state index in [4.69, 9.17) is 4.42 Å². The number of carbonyl (C=O) groups is 1. The van der Waals surface area contributed by atoms with Crippen molar-refractivity contribution in [3.8, 4) is 0 Å². The molecule has 0 atom stereocenters. The number of furan rings is 1. The molecule has 1 aromatic rings. The zero-order valence-corrected chi connectivity index (χ0v) is 11.8. The second-order valence-corrected chi connectivity index (χ2v) is 5.62. The lowest BCUT2D eigenvalue weighted by molar-refractivity contribution is -0.152. The van der Waals surface area contributed by atoms with Gasteiger partial charge in [-0.15, -0.1) is 0 Å². The summed E-state index contributed by atoms with van der Waals surface area (Å²) in [6.45, 7) is 6.47. The summed E-state index contributed by atoms with van der Waals surface area (Å²) in [5.41, 5.74) is -0.496. The van der Waals surface area contributed by atoms with Crippen LogP contribution in [0.1, 0.15) is 44.1 Å². The summed E-state index contributed by atoms with van der Waals surface area (Å²) in [5, 5.41) is 9.46. The molecule has 4 nitrogen and oxygen atoms in total. The van der Waals surface area contributed by atoms with Gasteiger partial charge in [-0.3, -0.25) is 9.69 Å². The first kappa shape index (κ1) is 14.1. The molecule has 1 fully saturated rings. The molecule has 106 valence electrons. The molecular weight excluding hydrogens is 242 g/mol. The lowest BCUT2D eigenvalue weighted by Gasteiger charge is -2.38. The van der Waals surface area contributed by atoms with E-state index in [0.717, 1.165) is 56.8 Å². The first-order valence-electron chi connectivity index (χ1n) is 7.07. The fourth-order valence-corrected chi connectivity index (χ4v) is 2.98.